The van der Waals surface area contributed by atoms with Crippen molar-refractivity contribution in [1.82, 2.24) is 0 Å². The van der Waals surface area contributed by atoms with Crippen molar-refractivity contribution in [3.63, 3.8) is 0 Å². The highest BCUT2D eigenvalue weighted by Gasteiger charge is 2.14. The first kappa shape index (κ1) is 13.4. The maximum Gasteiger partial charge on any atom is 0.127 e. The van der Waals surface area contributed by atoms with Crippen LogP contribution in [0.25, 0.3) is 22.3 Å². The molecular weight excluding hydrogens is 256 g/mol. The fraction of sp³-hybridized carbons (Fsp3) is 0.100. The van der Waals surface area contributed by atoms with Gasteiger partial charge in [0.15, 0.2) is 0 Å². The molecular formula is C20H18O. The minimum absolute atomic E-state index is 0.908. The highest BCUT2D eigenvalue weighted by molar-refractivity contribution is 5.88. The zero-order valence-corrected chi connectivity index (χ0v) is 12.3. The largest absolute Gasteiger partial charge is 0.496 e. The molecule has 3 aromatic rings. The molecule has 0 radical (unpaired) electrons. The van der Waals surface area contributed by atoms with Crippen LogP contribution in [-0.2, 0) is 0 Å². The number of methoxy groups -OCH3 is 1. The fourth-order valence-electron chi connectivity index (χ4n) is 2.69. The molecule has 0 atom stereocenters. The fourth-order valence-corrected chi connectivity index (χ4v) is 2.69. The minimum Gasteiger partial charge on any atom is -0.496 e. The average molecular weight is 274 g/mol. The van der Waals surface area contributed by atoms with E-state index < -0.39 is 0 Å². The Kier molecular flexibility index (Phi) is 3.74. The average Bonchev–Trinajstić information content (AvgIpc) is 2.55. The van der Waals surface area contributed by atoms with Gasteiger partial charge in [0, 0.05) is 5.56 Å². The van der Waals surface area contributed by atoms with Gasteiger partial charge in [0.1, 0.15) is 5.75 Å². The topological polar surface area (TPSA) is 9.23 Å². The van der Waals surface area contributed by atoms with Gasteiger partial charge in [-0.15, -0.1) is 0 Å². The molecule has 0 heterocycles. The Balaban J connectivity index is 2.30. The Morgan fingerprint density at radius 1 is 0.667 bits per heavy atom. The maximum atomic E-state index is 5.62. The quantitative estimate of drug-likeness (QED) is 0.626. The molecule has 0 fully saturated rings. The van der Waals surface area contributed by atoms with Crippen LogP contribution in [0.4, 0.5) is 0 Å². The first-order chi connectivity index (χ1) is 10.3. The molecule has 3 rings (SSSR count). The molecule has 3 aromatic carbocycles. The van der Waals surface area contributed by atoms with Crippen molar-refractivity contribution in [2.45, 2.75) is 6.92 Å². The van der Waals surface area contributed by atoms with Crippen LogP contribution in [0.5, 0.6) is 5.75 Å². The Morgan fingerprint density at radius 2 is 1.33 bits per heavy atom. The Hall–Kier alpha value is -2.54. The van der Waals surface area contributed by atoms with Gasteiger partial charge in [-0.05, 0) is 35.2 Å². The minimum atomic E-state index is 0.908. The van der Waals surface area contributed by atoms with Crippen molar-refractivity contribution in [3.05, 3.63) is 78.4 Å². The monoisotopic (exact) mass is 274 g/mol. The second-order valence-electron chi connectivity index (χ2n) is 5.06. The highest BCUT2D eigenvalue weighted by atomic mass is 16.5. The highest BCUT2D eigenvalue weighted by Crippen LogP contribution is 2.40. The molecule has 0 N–H and O–H groups in total. The summed E-state index contributed by atoms with van der Waals surface area (Å²) in [6.07, 6.45) is 0. The zero-order chi connectivity index (χ0) is 14.7. The van der Waals surface area contributed by atoms with Gasteiger partial charge >= 0.3 is 0 Å². The van der Waals surface area contributed by atoms with E-state index in [9.17, 15) is 0 Å². The molecule has 0 saturated carbocycles. The van der Waals surface area contributed by atoms with Gasteiger partial charge in [0.25, 0.3) is 0 Å². The summed E-state index contributed by atoms with van der Waals surface area (Å²) >= 11 is 0. The van der Waals surface area contributed by atoms with Crippen LogP contribution in [-0.4, -0.2) is 7.11 Å². The van der Waals surface area contributed by atoms with Crippen LogP contribution in [0.1, 0.15) is 5.56 Å². The molecule has 0 aromatic heterocycles. The summed E-state index contributed by atoms with van der Waals surface area (Å²) < 4.78 is 5.62. The van der Waals surface area contributed by atoms with E-state index in [1.54, 1.807) is 7.11 Å². The summed E-state index contributed by atoms with van der Waals surface area (Å²) in [7, 11) is 1.73. The molecule has 1 nitrogen and oxygen atoms in total. The lowest BCUT2D eigenvalue weighted by Gasteiger charge is -2.16. The first-order valence-corrected chi connectivity index (χ1v) is 7.09. The molecule has 0 bridgehead atoms. The lowest BCUT2D eigenvalue weighted by molar-refractivity contribution is 0.416. The second kappa shape index (κ2) is 5.84. The predicted molar refractivity (Wildman–Crippen MR) is 88.6 cm³/mol. The van der Waals surface area contributed by atoms with E-state index in [0.29, 0.717) is 0 Å². The van der Waals surface area contributed by atoms with Gasteiger partial charge in [-0.1, -0.05) is 66.7 Å². The van der Waals surface area contributed by atoms with E-state index in [0.717, 1.165) is 11.3 Å². The smallest absolute Gasteiger partial charge is 0.127 e. The van der Waals surface area contributed by atoms with Gasteiger partial charge in [-0.25, -0.2) is 0 Å². The Bertz CT molecular complexity index is 745. The van der Waals surface area contributed by atoms with Gasteiger partial charge < -0.3 is 4.74 Å². The van der Waals surface area contributed by atoms with Crippen LogP contribution in [0.2, 0.25) is 0 Å². The molecule has 0 aliphatic heterocycles. The lowest BCUT2D eigenvalue weighted by Crippen LogP contribution is -1.93. The number of hydrogen-bond acceptors (Lipinski definition) is 1. The van der Waals surface area contributed by atoms with Gasteiger partial charge in [0.05, 0.1) is 7.11 Å². The zero-order valence-electron chi connectivity index (χ0n) is 12.3. The molecule has 0 amide bonds. The van der Waals surface area contributed by atoms with E-state index >= 15 is 0 Å². The molecule has 0 spiro atoms. The summed E-state index contributed by atoms with van der Waals surface area (Å²) in [6.45, 7) is 2.14. The SMILES string of the molecule is COc1cccc(-c2ccccc2)c1-c1ccccc1C. The van der Waals surface area contributed by atoms with E-state index in [4.69, 9.17) is 4.74 Å². The Morgan fingerprint density at radius 3 is 2.05 bits per heavy atom. The molecule has 0 saturated heterocycles. The number of aryl methyl sites for hydroxylation is 1. The van der Waals surface area contributed by atoms with Crippen molar-refractivity contribution in [3.8, 4) is 28.0 Å². The number of ether oxygens (including phenoxy) is 1. The summed E-state index contributed by atoms with van der Waals surface area (Å²) in [6, 6.07) is 25.1. The Labute approximate surface area is 125 Å². The maximum absolute atomic E-state index is 5.62. The summed E-state index contributed by atoms with van der Waals surface area (Å²) in [5.41, 5.74) is 6.02. The molecule has 1 heteroatoms. The number of hydrogen-bond donors (Lipinski definition) is 0. The van der Waals surface area contributed by atoms with Gasteiger partial charge in [0.2, 0.25) is 0 Å². The van der Waals surface area contributed by atoms with E-state index in [2.05, 4.69) is 61.5 Å². The van der Waals surface area contributed by atoms with Crippen LogP contribution in [0.15, 0.2) is 72.8 Å². The third-order valence-electron chi connectivity index (χ3n) is 3.75. The summed E-state index contributed by atoms with van der Waals surface area (Å²) in [5.74, 6) is 0.908. The van der Waals surface area contributed by atoms with E-state index in [1.807, 2.05) is 18.2 Å². The van der Waals surface area contributed by atoms with Crippen LogP contribution >= 0.6 is 0 Å². The summed E-state index contributed by atoms with van der Waals surface area (Å²) in [5, 5.41) is 0. The van der Waals surface area contributed by atoms with Crippen molar-refractivity contribution < 1.29 is 4.74 Å². The second-order valence-corrected chi connectivity index (χ2v) is 5.06. The number of rotatable bonds is 3. The molecule has 21 heavy (non-hydrogen) atoms. The van der Waals surface area contributed by atoms with Gasteiger partial charge in [-0.3, -0.25) is 0 Å². The van der Waals surface area contributed by atoms with Crippen molar-refractivity contribution in [1.29, 1.82) is 0 Å². The first-order valence-electron chi connectivity index (χ1n) is 7.09. The standard InChI is InChI=1S/C20H18O/c1-15-9-6-7-12-17(15)20-18(13-8-14-19(20)21-2)16-10-4-3-5-11-16/h3-14H,1-2H3. The van der Waals surface area contributed by atoms with Crippen LogP contribution < -0.4 is 4.74 Å². The third-order valence-corrected chi connectivity index (χ3v) is 3.75. The van der Waals surface area contributed by atoms with Crippen molar-refractivity contribution >= 4 is 0 Å². The summed E-state index contributed by atoms with van der Waals surface area (Å²) in [4.78, 5) is 0. The molecule has 0 aliphatic carbocycles. The van der Waals surface area contributed by atoms with Crippen molar-refractivity contribution in [2.75, 3.05) is 7.11 Å². The normalized spacial score (nSPS) is 10.4. The predicted octanol–water partition coefficient (Wildman–Crippen LogP) is 5.34. The number of benzene rings is 3. The third kappa shape index (κ3) is 2.55. The molecule has 104 valence electrons. The molecule has 0 unspecified atom stereocenters. The van der Waals surface area contributed by atoms with E-state index in [-0.39, 0.29) is 0 Å². The van der Waals surface area contributed by atoms with Gasteiger partial charge in [-0.2, -0.15) is 0 Å². The van der Waals surface area contributed by atoms with Crippen LogP contribution in [0, 0.1) is 6.92 Å². The molecule has 0 aliphatic rings. The van der Waals surface area contributed by atoms with Crippen molar-refractivity contribution in [2.24, 2.45) is 0 Å². The van der Waals surface area contributed by atoms with E-state index in [1.165, 1.54) is 22.3 Å². The van der Waals surface area contributed by atoms with Crippen LogP contribution in [0.3, 0.4) is 0 Å². The lowest BCUT2D eigenvalue weighted by atomic mass is 9.91.